The molecule has 0 saturated carbocycles. The highest BCUT2D eigenvalue weighted by molar-refractivity contribution is 14.0. The van der Waals surface area contributed by atoms with Gasteiger partial charge < -0.3 is 20.1 Å². The molecule has 0 bridgehead atoms. The number of ether oxygens (including phenoxy) is 2. The molecule has 5 nitrogen and oxygen atoms in total. The number of aliphatic imine (C=N–C) groups is 1. The summed E-state index contributed by atoms with van der Waals surface area (Å²) in [6, 6.07) is 5.83. The van der Waals surface area contributed by atoms with E-state index in [0.717, 1.165) is 18.5 Å². The molecule has 0 atom stereocenters. The van der Waals surface area contributed by atoms with Gasteiger partial charge in [-0.25, -0.2) is 0 Å². The highest BCUT2D eigenvalue weighted by Gasteiger charge is 2.30. The van der Waals surface area contributed by atoms with Crippen LogP contribution in [0.2, 0.25) is 0 Å². The maximum absolute atomic E-state index is 12.1. The molecular weight excluding hydrogens is 438 g/mol. The third-order valence-corrected chi connectivity index (χ3v) is 2.90. The minimum absolute atomic E-state index is 0. The predicted octanol–water partition coefficient (Wildman–Crippen LogP) is 2.95. The number of rotatable bonds is 8. The number of methoxy groups -OCH3 is 1. The van der Waals surface area contributed by atoms with Crippen molar-refractivity contribution in [3.8, 4) is 5.75 Å². The van der Waals surface area contributed by atoms with E-state index in [-0.39, 0.29) is 29.7 Å². The van der Waals surface area contributed by atoms with Crippen molar-refractivity contribution in [2.45, 2.75) is 19.2 Å². The van der Waals surface area contributed by atoms with E-state index in [1.807, 2.05) is 0 Å². The summed E-state index contributed by atoms with van der Waals surface area (Å²) in [5.74, 6) is 0.461. The van der Waals surface area contributed by atoms with Crippen molar-refractivity contribution >= 4 is 29.9 Å². The Kier molecular flexibility index (Phi) is 11.6. The number of guanidine groups is 1. The summed E-state index contributed by atoms with van der Waals surface area (Å²) in [6.07, 6.45) is -3.13. The van der Waals surface area contributed by atoms with E-state index in [4.69, 9.17) is 4.74 Å². The number of hydrogen-bond donors (Lipinski definition) is 2. The van der Waals surface area contributed by atoms with Gasteiger partial charge in [0, 0.05) is 33.9 Å². The van der Waals surface area contributed by atoms with Gasteiger partial charge in [0.15, 0.2) is 5.96 Å². The molecule has 0 fully saturated rings. The lowest BCUT2D eigenvalue weighted by atomic mass is 10.1. The minimum atomic E-state index is -4.66. The Morgan fingerprint density at radius 2 is 1.75 bits per heavy atom. The summed E-state index contributed by atoms with van der Waals surface area (Å²) in [5, 5.41) is 6.27. The van der Waals surface area contributed by atoms with Gasteiger partial charge in [0.2, 0.25) is 0 Å². The van der Waals surface area contributed by atoms with Gasteiger partial charge in [-0.05, 0) is 30.5 Å². The van der Waals surface area contributed by atoms with Gasteiger partial charge in [-0.3, -0.25) is 4.99 Å². The van der Waals surface area contributed by atoms with E-state index in [9.17, 15) is 13.2 Å². The summed E-state index contributed by atoms with van der Waals surface area (Å²) < 4.78 is 45.0. The second-order valence-electron chi connectivity index (χ2n) is 4.71. The summed E-state index contributed by atoms with van der Waals surface area (Å²) >= 11 is 0. The number of alkyl halides is 3. The topological polar surface area (TPSA) is 54.9 Å². The molecule has 1 aromatic rings. The predicted molar refractivity (Wildman–Crippen MR) is 98.1 cm³/mol. The second-order valence-corrected chi connectivity index (χ2v) is 4.71. The van der Waals surface area contributed by atoms with Crippen molar-refractivity contribution < 1.29 is 22.6 Å². The van der Waals surface area contributed by atoms with Crippen molar-refractivity contribution in [1.29, 1.82) is 0 Å². The fourth-order valence-electron chi connectivity index (χ4n) is 1.83. The van der Waals surface area contributed by atoms with E-state index in [2.05, 4.69) is 20.4 Å². The fraction of sp³-hybridized carbons (Fsp3) is 0.533. The van der Waals surface area contributed by atoms with Gasteiger partial charge in [-0.15, -0.1) is 37.1 Å². The molecule has 1 aromatic carbocycles. The van der Waals surface area contributed by atoms with Gasteiger partial charge in [-0.2, -0.15) is 0 Å². The Bertz CT molecular complexity index is 482. The van der Waals surface area contributed by atoms with Crippen molar-refractivity contribution in [1.82, 2.24) is 10.6 Å². The molecule has 24 heavy (non-hydrogen) atoms. The summed E-state index contributed by atoms with van der Waals surface area (Å²) in [6.45, 7) is 2.04. The van der Waals surface area contributed by atoms with E-state index < -0.39 is 6.36 Å². The second kappa shape index (κ2) is 12.2. The van der Waals surface area contributed by atoms with Crippen LogP contribution in [0, 0.1) is 0 Å². The Morgan fingerprint density at radius 1 is 1.12 bits per heavy atom. The molecule has 0 amide bonds. The van der Waals surface area contributed by atoms with Crippen LogP contribution in [0.3, 0.4) is 0 Å². The van der Waals surface area contributed by atoms with Crippen molar-refractivity contribution in [3.05, 3.63) is 29.8 Å². The monoisotopic (exact) mass is 461 g/mol. The molecule has 0 saturated heterocycles. The number of benzene rings is 1. The van der Waals surface area contributed by atoms with Gasteiger partial charge >= 0.3 is 6.36 Å². The quantitative estimate of drug-likeness (QED) is 0.271. The Hall–Kier alpha value is -1.23. The van der Waals surface area contributed by atoms with Gasteiger partial charge in [0.1, 0.15) is 5.75 Å². The van der Waals surface area contributed by atoms with Crippen LogP contribution in [0.15, 0.2) is 29.3 Å². The average molecular weight is 461 g/mol. The van der Waals surface area contributed by atoms with Gasteiger partial charge in [-0.1, -0.05) is 12.1 Å². The molecule has 0 spiro atoms. The number of hydrogen-bond acceptors (Lipinski definition) is 3. The normalized spacial score (nSPS) is 11.6. The number of nitrogens with zero attached hydrogens (tertiary/aromatic N) is 1. The fourth-order valence-corrected chi connectivity index (χ4v) is 1.83. The molecule has 2 N–H and O–H groups in total. The van der Waals surface area contributed by atoms with Crippen molar-refractivity contribution in [3.63, 3.8) is 0 Å². The Balaban J connectivity index is 0.00000529. The lowest BCUT2D eigenvalue weighted by molar-refractivity contribution is -0.274. The molecule has 0 unspecified atom stereocenters. The first-order valence-corrected chi connectivity index (χ1v) is 7.22. The SMILES string of the molecule is CN=C(NCCCOC)NCCc1ccc(OC(F)(F)F)cc1.I. The van der Waals surface area contributed by atoms with Crippen LogP contribution in [-0.2, 0) is 11.2 Å². The Morgan fingerprint density at radius 3 is 2.29 bits per heavy atom. The zero-order valence-electron chi connectivity index (χ0n) is 13.7. The first-order valence-electron chi connectivity index (χ1n) is 7.22. The van der Waals surface area contributed by atoms with Gasteiger partial charge in [0.05, 0.1) is 0 Å². The van der Waals surface area contributed by atoms with Crippen LogP contribution >= 0.6 is 24.0 Å². The van der Waals surface area contributed by atoms with Gasteiger partial charge in [0.25, 0.3) is 0 Å². The molecule has 0 aliphatic carbocycles. The lowest BCUT2D eigenvalue weighted by Crippen LogP contribution is -2.39. The van der Waals surface area contributed by atoms with Crippen LogP contribution in [0.25, 0.3) is 0 Å². The first kappa shape index (κ1) is 22.8. The molecular formula is C15H23F3IN3O2. The van der Waals surface area contributed by atoms with Crippen LogP contribution in [0.1, 0.15) is 12.0 Å². The van der Waals surface area contributed by atoms with Crippen LogP contribution < -0.4 is 15.4 Å². The highest BCUT2D eigenvalue weighted by Crippen LogP contribution is 2.22. The largest absolute Gasteiger partial charge is 0.573 e. The zero-order chi connectivity index (χ0) is 17.1. The van der Waals surface area contributed by atoms with E-state index in [0.29, 0.717) is 25.5 Å². The van der Waals surface area contributed by atoms with E-state index >= 15 is 0 Å². The smallest absolute Gasteiger partial charge is 0.406 e. The van der Waals surface area contributed by atoms with E-state index in [1.54, 1.807) is 26.3 Å². The van der Waals surface area contributed by atoms with Crippen LogP contribution in [-0.4, -0.2) is 46.2 Å². The maximum atomic E-state index is 12.1. The molecule has 0 heterocycles. The zero-order valence-corrected chi connectivity index (χ0v) is 16.0. The van der Waals surface area contributed by atoms with Crippen LogP contribution in [0.5, 0.6) is 5.75 Å². The third-order valence-electron chi connectivity index (χ3n) is 2.90. The number of nitrogens with one attached hydrogen (secondary N) is 2. The molecule has 138 valence electrons. The molecule has 0 aliphatic heterocycles. The third kappa shape index (κ3) is 10.5. The number of halogens is 4. The highest BCUT2D eigenvalue weighted by atomic mass is 127. The van der Waals surface area contributed by atoms with Crippen molar-refractivity contribution in [2.24, 2.45) is 4.99 Å². The maximum Gasteiger partial charge on any atom is 0.573 e. The molecule has 1 rings (SSSR count). The van der Waals surface area contributed by atoms with E-state index in [1.165, 1.54) is 12.1 Å². The summed E-state index contributed by atoms with van der Waals surface area (Å²) in [7, 11) is 3.33. The van der Waals surface area contributed by atoms with Crippen molar-refractivity contribution in [2.75, 3.05) is 33.9 Å². The van der Waals surface area contributed by atoms with Crippen LogP contribution in [0.4, 0.5) is 13.2 Å². The molecule has 0 aromatic heterocycles. The Labute approximate surface area is 157 Å². The summed E-state index contributed by atoms with van der Waals surface area (Å²) in [4.78, 5) is 4.08. The summed E-state index contributed by atoms with van der Waals surface area (Å²) in [5.41, 5.74) is 0.905. The molecule has 0 radical (unpaired) electrons. The lowest BCUT2D eigenvalue weighted by Gasteiger charge is -2.12. The molecule has 9 heteroatoms. The minimum Gasteiger partial charge on any atom is -0.406 e. The average Bonchev–Trinajstić information content (AvgIpc) is 2.50. The molecule has 0 aliphatic rings. The first-order chi connectivity index (χ1) is 10.9. The standard InChI is InChI=1S/C15H22F3N3O2.HI/c1-19-14(20-9-3-11-22-2)21-10-8-12-4-6-13(7-5-12)23-15(16,17)18;/h4-7H,3,8-11H2,1-2H3,(H2,19,20,21);1H.